The zero-order chi connectivity index (χ0) is 12.3. The van der Waals surface area contributed by atoms with Crippen LogP contribution in [-0.2, 0) is 11.3 Å². The second-order valence-electron chi connectivity index (χ2n) is 4.36. The van der Waals surface area contributed by atoms with Gasteiger partial charge in [-0.25, -0.2) is 0 Å². The van der Waals surface area contributed by atoms with Gasteiger partial charge < -0.3 is 5.32 Å². The zero-order valence-electron chi connectivity index (χ0n) is 9.37. The number of rotatable bonds is 3. The van der Waals surface area contributed by atoms with Crippen LogP contribution in [0.15, 0.2) is 24.3 Å². The smallest absolute Gasteiger partial charge is 0.240 e. The van der Waals surface area contributed by atoms with Gasteiger partial charge in [0.05, 0.1) is 6.07 Å². The van der Waals surface area contributed by atoms with Gasteiger partial charge in [-0.3, -0.25) is 4.79 Å². The lowest BCUT2D eigenvalue weighted by atomic mass is 9.69. The van der Waals surface area contributed by atoms with Gasteiger partial charge in [-0.1, -0.05) is 23.7 Å². The van der Waals surface area contributed by atoms with Crippen molar-refractivity contribution < 1.29 is 4.79 Å². The maximum Gasteiger partial charge on any atom is 0.240 e. The Kier molecular flexibility index (Phi) is 3.35. The Balaban J connectivity index is 1.92. The topological polar surface area (TPSA) is 52.9 Å². The molecule has 2 rings (SSSR count). The molecule has 88 valence electrons. The van der Waals surface area contributed by atoms with E-state index in [0.717, 1.165) is 12.0 Å². The Bertz CT molecular complexity index is 457. The van der Waals surface area contributed by atoms with E-state index in [4.69, 9.17) is 16.9 Å². The fourth-order valence-corrected chi connectivity index (χ4v) is 2.00. The first-order valence-electron chi connectivity index (χ1n) is 5.60. The molecule has 0 saturated heterocycles. The summed E-state index contributed by atoms with van der Waals surface area (Å²) in [5.41, 5.74) is 0.210. The molecule has 0 unspecified atom stereocenters. The average Bonchev–Trinajstić information content (AvgIpc) is 2.27. The molecule has 1 aromatic rings. The first kappa shape index (κ1) is 11.9. The number of nitrogens with zero attached hydrogens (tertiary/aromatic N) is 1. The number of benzene rings is 1. The number of carbonyl (C=O) groups is 1. The Labute approximate surface area is 105 Å². The molecule has 0 spiro atoms. The fourth-order valence-electron chi connectivity index (χ4n) is 1.87. The molecule has 0 atom stereocenters. The molecule has 1 amide bonds. The molecule has 1 aromatic carbocycles. The van der Waals surface area contributed by atoms with E-state index < -0.39 is 5.41 Å². The molecule has 1 N–H and O–H groups in total. The van der Waals surface area contributed by atoms with Gasteiger partial charge in [0.15, 0.2) is 0 Å². The van der Waals surface area contributed by atoms with Crippen LogP contribution in [0.25, 0.3) is 0 Å². The number of nitrogens with one attached hydrogen (secondary N) is 1. The van der Waals surface area contributed by atoms with Crippen molar-refractivity contribution in [2.75, 3.05) is 0 Å². The summed E-state index contributed by atoms with van der Waals surface area (Å²) in [6.45, 7) is 0.444. The van der Waals surface area contributed by atoms with Gasteiger partial charge >= 0.3 is 0 Å². The van der Waals surface area contributed by atoms with Crippen LogP contribution in [0.1, 0.15) is 24.8 Å². The van der Waals surface area contributed by atoms with Gasteiger partial charge in [0, 0.05) is 11.6 Å². The number of hydrogen-bond donors (Lipinski definition) is 1. The fraction of sp³-hybridized carbons (Fsp3) is 0.385. The van der Waals surface area contributed by atoms with Crippen LogP contribution in [0.5, 0.6) is 0 Å². The summed E-state index contributed by atoms with van der Waals surface area (Å²) in [4.78, 5) is 11.9. The van der Waals surface area contributed by atoms with Gasteiger partial charge in [0.25, 0.3) is 0 Å². The lowest BCUT2D eigenvalue weighted by Gasteiger charge is -2.33. The quantitative estimate of drug-likeness (QED) is 0.894. The SMILES string of the molecule is N#CC1(C(=O)NCc2ccc(Cl)cc2)CCC1. The van der Waals surface area contributed by atoms with Gasteiger partial charge in [0.1, 0.15) is 5.41 Å². The van der Waals surface area contributed by atoms with Gasteiger partial charge in [-0.2, -0.15) is 5.26 Å². The molecular weight excluding hydrogens is 236 g/mol. The number of carbonyl (C=O) groups excluding carboxylic acids is 1. The second kappa shape index (κ2) is 4.77. The van der Waals surface area contributed by atoms with E-state index in [0.29, 0.717) is 24.4 Å². The number of hydrogen-bond acceptors (Lipinski definition) is 2. The standard InChI is InChI=1S/C13H13ClN2O/c14-11-4-2-10(3-5-11)8-16-12(17)13(9-15)6-1-7-13/h2-5H,1,6-8H2,(H,16,17). The van der Waals surface area contributed by atoms with Crippen molar-refractivity contribution in [3.63, 3.8) is 0 Å². The Morgan fingerprint density at radius 3 is 2.53 bits per heavy atom. The molecule has 1 saturated carbocycles. The second-order valence-corrected chi connectivity index (χ2v) is 4.79. The van der Waals surface area contributed by atoms with Crippen LogP contribution in [-0.4, -0.2) is 5.91 Å². The van der Waals surface area contributed by atoms with Crippen molar-refractivity contribution in [3.8, 4) is 6.07 Å². The number of nitriles is 1. The third kappa shape index (κ3) is 2.42. The minimum Gasteiger partial charge on any atom is -0.351 e. The summed E-state index contributed by atoms with van der Waals surface area (Å²) in [6, 6.07) is 9.42. The summed E-state index contributed by atoms with van der Waals surface area (Å²) in [5.74, 6) is -0.152. The van der Waals surface area contributed by atoms with Crippen LogP contribution in [0, 0.1) is 16.7 Å². The molecule has 3 nitrogen and oxygen atoms in total. The van der Waals surface area contributed by atoms with Gasteiger partial charge in [-0.15, -0.1) is 0 Å². The van der Waals surface area contributed by atoms with Gasteiger partial charge in [0.2, 0.25) is 5.91 Å². The van der Waals surface area contributed by atoms with Crippen molar-refractivity contribution in [1.82, 2.24) is 5.32 Å². The third-order valence-electron chi connectivity index (χ3n) is 3.22. The maximum atomic E-state index is 11.9. The van der Waals surface area contributed by atoms with Crippen LogP contribution < -0.4 is 5.32 Å². The largest absolute Gasteiger partial charge is 0.351 e. The van der Waals surface area contributed by atoms with E-state index in [1.807, 2.05) is 12.1 Å². The first-order valence-corrected chi connectivity index (χ1v) is 5.98. The molecular formula is C13H13ClN2O. The van der Waals surface area contributed by atoms with Crippen LogP contribution in [0.3, 0.4) is 0 Å². The van der Waals surface area contributed by atoms with Crippen molar-refractivity contribution >= 4 is 17.5 Å². The van der Waals surface area contributed by atoms with Crippen LogP contribution >= 0.6 is 11.6 Å². The van der Waals surface area contributed by atoms with Crippen LogP contribution in [0.2, 0.25) is 5.02 Å². The monoisotopic (exact) mass is 248 g/mol. The molecule has 17 heavy (non-hydrogen) atoms. The molecule has 0 aliphatic heterocycles. The molecule has 0 radical (unpaired) electrons. The minimum absolute atomic E-state index is 0.152. The van der Waals surface area contributed by atoms with E-state index in [1.165, 1.54) is 0 Å². The van der Waals surface area contributed by atoms with Crippen molar-refractivity contribution in [2.24, 2.45) is 5.41 Å². The predicted octanol–water partition coefficient (Wildman–Crippen LogP) is 2.65. The number of halogens is 1. The van der Waals surface area contributed by atoms with Gasteiger partial charge in [-0.05, 0) is 37.0 Å². The molecule has 0 heterocycles. The summed E-state index contributed by atoms with van der Waals surface area (Å²) in [6.07, 6.45) is 2.31. The third-order valence-corrected chi connectivity index (χ3v) is 3.47. The Hall–Kier alpha value is -1.53. The van der Waals surface area contributed by atoms with E-state index in [1.54, 1.807) is 12.1 Å². The molecule has 1 fully saturated rings. The number of amides is 1. The summed E-state index contributed by atoms with van der Waals surface area (Å²) >= 11 is 5.77. The zero-order valence-corrected chi connectivity index (χ0v) is 10.1. The summed E-state index contributed by atoms with van der Waals surface area (Å²) in [7, 11) is 0. The highest BCUT2D eigenvalue weighted by Crippen LogP contribution is 2.40. The van der Waals surface area contributed by atoms with E-state index in [9.17, 15) is 4.79 Å². The summed E-state index contributed by atoms with van der Waals surface area (Å²) in [5, 5.41) is 12.5. The van der Waals surface area contributed by atoms with Crippen molar-refractivity contribution in [3.05, 3.63) is 34.9 Å². The molecule has 0 aromatic heterocycles. The highest BCUT2D eigenvalue weighted by molar-refractivity contribution is 6.30. The van der Waals surface area contributed by atoms with E-state index in [-0.39, 0.29) is 5.91 Å². The molecule has 1 aliphatic carbocycles. The average molecular weight is 249 g/mol. The van der Waals surface area contributed by atoms with Crippen molar-refractivity contribution in [1.29, 1.82) is 5.26 Å². The van der Waals surface area contributed by atoms with Crippen molar-refractivity contribution in [2.45, 2.75) is 25.8 Å². The van der Waals surface area contributed by atoms with E-state index in [2.05, 4.69) is 11.4 Å². The highest BCUT2D eigenvalue weighted by atomic mass is 35.5. The van der Waals surface area contributed by atoms with E-state index >= 15 is 0 Å². The highest BCUT2D eigenvalue weighted by Gasteiger charge is 2.44. The Morgan fingerprint density at radius 2 is 2.06 bits per heavy atom. The lowest BCUT2D eigenvalue weighted by Crippen LogP contribution is -2.44. The molecule has 1 aliphatic rings. The predicted molar refractivity (Wildman–Crippen MR) is 65.2 cm³/mol. The Morgan fingerprint density at radius 1 is 1.41 bits per heavy atom. The van der Waals surface area contributed by atoms with Crippen LogP contribution in [0.4, 0.5) is 0 Å². The first-order chi connectivity index (χ1) is 8.16. The lowest BCUT2D eigenvalue weighted by molar-refractivity contribution is -0.131. The molecule has 0 bridgehead atoms. The minimum atomic E-state index is -0.771. The molecule has 4 heteroatoms. The normalized spacial score (nSPS) is 16.7. The summed E-state index contributed by atoms with van der Waals surface area (Å²) < 4.78 is 0. The maximum absolute atomic E-state index is 11.9.